The quantitative estimate of drug-likeness (QED) is 0.130. The first-order chi connectivity index (χ1) is 16.9. The van der Waals surface area contributed by atoms with Crippen molar-refractivity contribution in [2.24, 2.45) is 5.10 Å². The summed E-state index contributed by atoms with van der Waals surface area (Å²) < 4.78 is 1.71. The molecule has 2 aromatic carbocycles. The number of phenols is 1. The van der Waals surface area contributed by atoms with Crippen LogP contribution in [-0.4, -0.2) is 44.3 Å². The number of hydrogen-bond donors (Lipinski definition) is 3. The molecule has 1 aromatic heterocycles. The summed E-state index contributed by atoms with van der Waals surface area (Å²) >= 11 is 4.25. The van der Waals surface area contributed by atoms with E-state index in [1.165, 1.54) is 31.2 Å². The number of phenolic OH excluding ortho intramolecular Hbond substituents is 1. The van der Waals surface area contributed by atoms with Crippen molar-refractivity contribution in [2.75, 3.05) is 28.7 Å². The molecule has 0 saturated carbocycles. The van der Waals surface area contributed by atoms with Gasteiger partial charge in [0.25, 0.3) is 5.69 Å². The molecule has 4 rings (SSSR count). The van der Waals surface area contributed by atoms with Crippen LogP contribution in [0.5, 0.6) is 5.75 Å². The first kappa shape index (κ1) is 25.3. The van der Waals surface area contributed by atoms with E-state index in [-0.39, 0.29) is 23.3 Å². The van der Waals surface area contributed by atoms with Crippen LogP contribution in [0.1, 0.15) is 31.2 Å². The Morgan fingerprint density at radius 1 is 1.03 bits per heavy atom. The van der Waals surface area contributed by atoms with E-state index in [1.807, 2.05) is 12.1 Å². The number of hydrogen-bond acceptors (Lipinski definition) is 10. The minimum atomic E-state index is -0.448. The predicted octanol–water partition coefficient (Wildman–Crippen LogP) is 5.26. The largest absolute Gasteiger partial charge is 0.506 e. The van der Waals surface area contributed by atoms with Crippen molar-refractivity contribution in [1.82, 2.24) is 15.0 Å². The third kappa shape index (κ3) is 6.87. The maximum absolute atomic E-state index is 10.9. The number of anilines is 4. The molecule has 0 bridgehead atoms. The van der Waals surface area contributed by atoms with Crippen molar-refractivity contribution in [2.45, 2.75) is 25.7 Å². The molecule has 0 atom stereocenters. The van der Waals surface area contributed by atoms with Crippen molar-refractivity contribution in [3.8, 4) is 5.75 Å². The Labute approximate surface area is 228 Å². The van der Waals surface area contributed by atoms with Crippen LogP contribution in [0, 0.1) is 17.3 Å². The minimum Gasteiger partial charge on any atom is -0.506 e. The van der Waals surface area contributed by atoms with Crippen LogP contribution in [0.15, 0.2) is 41.5 Å². The Bertz CT molecular complexity index is 1230. The van der Waals surface area contributed by atoms with Gasteiger partial charge in [-0.15, -0.1) is 0 Å². The number of halogens is 2. The van der Waals surface area contributed by atoms with E-state index >= 15 is 0 Å². The first-order valence-electron chi connectivity index (χ1n) is 10.9. The lowest BCUT2D eigenvalue weighted by atomic mass is 10.2. The summed E-state index contributed by atoms with van der Waals surface area (Å²) in [7, 11) is 0. The second kappa shape index (κ2) is 11.7. The van der Waals surface area contributed by atoms with Crippen molar-refractivity contribution in [3.05, 3.63) is 59.2 Å². The number of hydrazone groups is 1. The molecule has 35 heavy (non-hydrogen) atoms. The summed E-state index contributed by atoms with van der Waals surface area (Å²) in [4.78, 5) is 26.1. The van der Waals surface area contributed by atoms with Crippen LogP contribution in [0.3, 0.4) is 0 Å². The van der Waals surface area contributed by atoms with E-state index in [4.69, 9.17) is 0 Å². The zero-order valence-electron chi connectivity index (χ0n) is 18.5. The van der Waals surface area contributed by atoms with Gasteiger partial charge in [-0.1, -0.05) is 12.8 Å². The Kier molecular flexibility index (Phi) is 8.48. The number of aromatic nitrogens is 3. The van der Waals surface area contributed by atoms with Crippen LogP contribution >= 0.6 is 45.2 Å². The number of aromatic hydroxyl groups is 1. The molecule has 182 valence electrons. The van der Waals surface area contributed by atoms with Crippen LogP contribution in [-0.2, 0) is 0 Å². The van der Waals surface area contributed by atoms with E-state index in [1.54, 1.807) is 12.1 Å². The van der Waals surface area contributed by atoms with E-state index < -0.39 is 4.92 Å². The van der Waals surface area contributed by atoms with Gasteiger partial charge in [-0.05, 0) is 82.3 Å². The number of nitrogens with zero attached hydrogens (tertiary/aromatic N) is 6. The number of rotatable bonds is 7. The van der Waals surface area contributed by atoms with Crippen molar-refractivity contribution >= 4 is 80.6 Å². The fourth-order valence-electron chi connectivity index (χ4n) is 3.52. The fourth-order valence-corrected chi connectivity index (χ4v) is 5.41. The number of benzene rings is 2. The smallest absolute Gasteiger partial charge is 0.269 e. The summed E-state index contributed by atoms with van der Waals surface area (Å²) in [5.74, 6) is 1.20. The number of nitrogens with one attached hydrogen (secondary N) is 2. The molecular formula is C22H22I2N8O3. The molecule has 1 fully saturated rings. The fraction of sp³-hybridized carbons (Fsp3) is 0.273. The van der Waals surface area contributed by atoms with Crippen LogP contribution in [0.4, 0.5) is 29.2 Å². The highest BCUT2D eigenvalue weighted by Crippen LogP contribution is 2.26. The summed E-state index contributed by atoms with van der Waals surface area (Å²) in [6.07, 6.45) is 5.97. The third-order valence-electron chi connectivity index (χ3n) is 5.27. The summed E-state index contributed by atoms with van der Waals surface area (Å²) in [5.41, 5.74) is 4.02. The lowest BCUT2D eigenvalue weighted by molar-refractivity contribution is -0.384. The molecule has 0 spiro atoms. The van der Waals surface area contributed by atoms with Crippen molar-refractivity contribution in [1.29, 1.82) is 0 Å². The SMILES string of the molecule is O=[N+]([O-])c1ccc(Nc2nc(N/N=C/c3cc(I)cc(I)c3O)nc(N3CCCCCC3)n2)cc1. The average Bonchev–Trinajstić information content (AvgIpc) is 3.12. The van der Waals surface area contributed by atoms with E-state index in [0.717, 1.165) is 33.1 Å². The lowest BCUT2D eigenvalue weighted by Crippen LogP contribution is -2.26. The summed E-state index contributed by atoms with van der Waals surface area (Å²) in [6.45, 7) is 1.69. The molecular weight excluding hydrogens is 678 g/mol. The Hall–Kier alpha value is -2.82. The highest BCUT2D eigenvalue weighted by molar-refractivity contribution is 14.1. The number of nitro benzene ring substituents is 1. The maximum Gasteiger partial charge on any atom is 0.269 e. The molecule has 1 aliphatic heterocycles. The molecule has 11 nitrogen and oxygen atoms in total. The van der Waals surface area contributed by atoms with Gasteiger partial charge in [0.2, 0.25) is 17.8 Å². The van der Waals surface area contributed by atoms with Gasteiger partial charge < -0.3 is 15.3 Å². The van der Waals surface area contributed by atoms with Crippen molar-refractivity contribution < 1.29 is 10.0 Å². The molecule has 1 aliphatic rings. The first-order valence-corrected chi connectivity index (χ1v) is 13.0. The normalized spacial score (nSPS) is 14.1. The standard InChI is InChI=1S/C22H22I2N8O3/c23-15-11-14(19(33)18(24)12-15)13-25-30-21-27-20(26-16-5-7-17(8-6-16)32(34)35)28-22(29-21)31-9-3-1-2-4-10-31/h5-8,11-13,33H,1-4,9-10H2,(H2,26,27,28,29,30)/b25-13+. The molecule has 3 N–H and O–H groups in total. The summed E-state index contributed by atoms with van der Waals surface area (Å²) in [5, 5.41) is 28.5. The average molecular weight is 700 g/mol. The Morgan fingerprint density at radius 3 is 2.40 bits per heavy atom. The lowest BCUT2D eigenvalue weighted by Gasteiger charge is -2.21. The highest BCUT2D eigenvalue weighted by Gasteiger charge is 2.16. The van der Waals surface area contributed by atoms with Crippen LogP contribution < -0.4 is 15.6 Å². The molecule has 0 aliphatic carbocycles. The van der Waals surface area contributed by atoms with Gasteiger partial charge in [-0.25, -0.2) is 5.43 Å². The third-order valence-corrected chi connectivity index (χ3v) is 6.72. The Balaban J connectivity index is 1.60. The molecule has 0 amide bonds. The molecule has 1 saturated heterocycles. The molecule has 3 aromatic rings. The zero-order chi connectivity index (χ0) is 24.8. The number of nitro groups is 1. The van der Waals surface area contributed by atoms with Crippen LogP contribution in [0.25, 0.3) is 0 Å². The predicted molar refractivity (Wildman–Crippen MR) is 152 cm³/mol. The molecule has 2 heterocycles. The second-order valence-corrected chi connectivity index (χ2v) is 10.2. The minimum absolute atomic E-state index is 0.00151. The van der Waals surface area contributed by atoms with Gasteiger partial charge in [-0.2, -0.15) is 20.1 Å². The van der Waals surface area contributed by atoms with Gasteiger partial charge >= 0.3 is 0 Å². The van der Waals surface area contributed by atoms with Gasteiger partial charge in [0.15, 0.2) is 0 Å². The van der Waals surface area contributed by atoms with Gasteiger partial charge in [0.1, 0.15) is 5.75 Å². The zero-order valence-corrected chi connectivity index (χ0v) is 22.8. The second-order valence-electron chi connectivity index (χ2n) is 7.81. The van der Waals surface area contributed by atoms with Gasteiger partial charge in [0, 0.05) is 40.0 Å². The Morgan fingerprint density at radius 2 is 1.71 bits per heavy atom. The van der Waals surface area contributed by atoms with E-state index in [0.29, 0.717) is 17.2 Å². The maximum atomic E-state index is 10.9. The van der Waals surface area contributed by atoms with Crippen LogP contribution in [0.2, 0.25) is 0 Å². The van der Waals surface area contributed by atoms with Gasteiger partial charge in [0.05, 0.1) is 14.7 Å². The van der Waals surface area contributed by atoms with E-state index in [2.05, 4.69) is 80.9 Å². The van der Waals surface area contributed by atoms with Gasteiger partial charge in [-0.3, -0.25) is 10.1 Å². The monoisotopic (exact) mass is 700 g/mol. The number of non-ortho nitro benzene ring substituents is 1. The topological polar surface area (TPSA) is 142 Å². The van der Waals surface area contributed by atoms with E-state index in [9.17, 15) is 15.2 Å². The van der Waals surface area contributed by atoms with Crippen molar-refractivity contribution in [3.63, 3.8) is 0 Å². The molecule has 0 radical (unpaired) electrons. The molecule has 0 unspecified atom stereocenters. The summed E-state index contributed by atoms with van der Waals surface area (Å²) in [6, 6.07) is 9.72. The highest BCUT2D eigenvalue weighted by atomic mass is 127. The molecule has 13 heteroatoms.